The van der Waals surface area contributed by atoms with E-state index in [4.69, 9.17) is 46.4 Å². The topological polar surface area (TPSA) is 86.8 Å². The molecule has 3 aromatic carbocycles. The van der Waals surface area contributed by atoms with Crippen LogP contribution in [0, 0.1) is 0 Å². The fourth-order valence-electron chi connectivity index (χ4n) is 4.13. The van der Waals surface area contributed by atoms with Crippen LogP contribution in [0.25, 0.3) is 0 Å². The number of amides is 2. The molecule has 2 atom stereocenters. The summed E-state index contributed by atoms with van der Waals surface area (Å²) >= 11 is 24.9. The van der Waals surface area contributed by atoms with E-state index >= 15 is 0 Å². The number of rotatable bonds is 12. The van der Waals surface area contributed by atoms with Crippen LogP contribution in [0.15, 0.2) is 66.7 Å². The van der Waals surface area contributed by atoms with Crippen molar-refractivity contribution in [1.29, 1.82) is 0 Å². The lowest BCUT2D eigenvalue weighted by molar-refractivity contribution is -0.140. The minimum atomic E-state index is -3.97. The molecule has 2 amide bonds. The minimum absolute atomic E-state index is 0.0752. The lowest BCUT2D eigenvalue weighted by Gasteiger charge is -2.34. The number of halogens is 4. The van der Waals surface area contributed by atoms with Gasteiger partial charge >= 0.3 is 0 Å². The molecule has 0 aromatic heterocycles. The molecule has 0 saturated carbocycles. The van der Waals surface area contributed by atoms with Crippen LogP contribution in [-0.2, 0) is 32.6 Å². The Morgan fingerprint density at radius 3 is 2.10 bits per heavy atom. The predicted molar refractivity (Wildman–Crippen MR) is 167 cm³/mol. The van der Waals surface area contributed by atoms with Crippen molar-refractivity contribution in [2.75, 3.05) is 17.1 Å². The summed E-state index contributed by atoms with van der Waals surface area (Å²) in [5.74, 6) is -1.00. The SMILES string of the molecule is CC[C@@H](C)NC(=O)[C@H](Cc1ccccc1)N(Cc1ccc(Cl)cc1Cl)C(=O)CN(c1cc(Cl)cc(Cl)c1)S(C)(=O)=O. The van der Waals surface area contributed by atoms with Crippen LogP contribution < -0.4 is 9.62 Å². The Kier molecular flexibility index (Phi) is 11.8. The largest absolute Gasteiger partial charge is 0.352 e. The highest BCUT2D eigenvalue weighted by molar-refractivity contribution is 7.92. The molecule has 0 aliphatic rings. The van der Waals surface area contributed by atoms with Gasteiger partial charge in [-0.1, -0.05) is 89.7 Å². The van der Waals surface area contributed by atoms with Crippen LogP contribution in [0.5, 0.6) is 0 Å². The number of hydrogen-bond acceptors (Lipinski definition) is 4. The lowest BCUT2D eigenvalue weighted by atomic mass is 10.0. The second-order valence-corrected chi connectivity index (χ2v) is 13.3. The molecule has 3 aromatic rings. The Bertz CT molecular complexity index is 1470. The van der Waals surface area contributed by atoms with Crippen molar-refractivity contribution in [3.63, 3.8) is 0 Å². The third-order valence-electron chi connectivity index (χ3n) is 6.44. The van der Waals surface area contributed by atoms with E-state index in [1.165, 1.54) is 23.1 Å². The Morgan fingerprint density at radius 2 is 1.54 bits per heavy atom. The van der Waals surface area contributed by atoms with Gasteiger partial charge in [-0.15, -0.1) is 0 Å². The summed E-state index contributed by atoms with van der Waals surface area (Å²) in [6.07, 6.45) is 1.84. The molecule has 0 bridgehead atoms. The first-order chi connectivity index (χ1) is 19.3. The standard InChI is InChI=1S/C29H31Cl4N3O4S/c1-4-19(2)34-29(38)27(12-20-8-6-5-7-9-20)35(17-21-10-11-22(30)16-26(21)33)28(37)18-36(41(3,39)40)25-14-23(31)13-24(32)15-25/h5-11,13-16,19,27H,4,12,17-18H2,1-3H3,(H,34,38)/t19-,27+/m1/s1. The monoisotopic (exact) mass is 657 g/mol. The van der Waals surface area contributed by atoms with Crippen molar-refractivity contribution < 1.29 is 18.0 Å². The van der Waals surface area contributed by atoms with Crippen molar-refractivity contribution in [3.05, 3.63) is 97.9 Å². The number of nitrogens with one attached hydrogen (secondary N) is 1. The van der Waals surface area contributed by atoms with Crippen LogP contribution in [0.1, 0.15) is 31.4 Å². The molecule has 0 heterocycles. The van der Waals surface area contributed by atoms with Gasteiger partial charge in [0.05, 0.1) is 11.9 Å². The van der Waals surface area contributed by atoms with E-state index in [1.807, 2.05) is 44.2 Å². The Morgan fingerprint density at radius 1 is 0.902 bits per heavy atom. The van der Waals surface area contributed by atoms with Gasteiger partial charge < -0.3 is 10.2 Å². The van der Waals surface area contributed by atoms with Gasteiger partial charge in [0.25, 0.3) is 0 Å². The molecule has 41 heavy (non-hydrogen) atoms. The summed E-state index contributed by atoms with van der Waals surface area (Å²) in [4.78, 5) is 29.2. The van der Waals surface area contributed by atoms with Crippen LogP contribution in [-0.4, -0.2) is 50.0 Å². The average Bonchev–Trinajstić information content (AvgIpc) is 2.89. The van der Waals surface area contributed by atoms with Gasteiger partial charge in [0.1, 0.15) is 12.6 Å². The zero-order valence-electron chi connectivity index (χ0n) is 22.8. The summed E-state index contributed by atoms with van der Waals surface area (Å²) in [5, 5.41) is 4.09. The lowest BCUT2D eigenvalue weighted by Crippen LogP contribution is -2.54. The molecule has 0 unspecified atom stereocenters. The molecule has 0 radical (unpaired) electrons. The molecule has 7 nitrogen and oxygen atoms in total. The van der Waals surface area contributed by atoms with Gasteiger partial charge in [0, 0.05) is 39.1 Å². The quantitative estimate of drug-likeness (QED) is 0.237. The first-order valence-corrected chi connectivity index (χ1v) is 16.2. The van der Waals surface area contributed by atoms with Crippen molar-refractivity contribution in [2.24, 2.45) is 0 Å². The number of sulfonamides is 1. The molecule has 0 aliphatic heterocycles. The van der Waals surface area contributed by atoms with E-state index < -0.39 is 28.5 Å². The highest BCUT2D eigenvalue weighted by atomic mass is 35.5. The summed E-state index contributed by atoms with van der Waals surface area (Å²) in [6.45, 7) is 3.12. The second-order valence-electron chi connectivity index (χ2n) is 9.68. The highest BCUT2D eigenvalue weighted by Gasteiger charge is 2.34. The third kappa shape index (κ3) is 9.51. The molecule has 0 fully saturated rings. The van der Waals surface area contributed by atoms with E-state index in [1.54, 1.807) is 18.2 Å². The molecular weight excluding hydrogens is 628 g/mol. The number of anilines is 1. The fraction of sp³-hybridized carbons (Fsp3) is 0.310. The molecule has 1 N–H and O–H groups in total. The summed E-state index contributed by atoms with van der Waals surface area (Å²) in [7, 11) is -3.97. The van der Waals surface area contributed by atoms with E-state index in [0.717, 1.165) is 16.1 Å². The molecule has 0 saturated heterocycles. The molecular formula is C29H31Cl4N3O4S. The Hall–Kier alpha value is -2.49. The number of carbonyl (C=O) groups is 2. The Labute approximate surface area is 261 Å². The maximum atomic E-state index is 14.1. The third-order valence-corrected chi connectivity index (χ3v) is 8.61. The van der Waals surface area contributed by atoms with Gasteiger partial charge in [0.2, 0.25) is 21.8 Å². The number of nitrogens with zero attached hydrogens (tertiary/aromatic N) is 2. The number of benzene rings is 3. The molecule has 3 rings (SSSR count). The maximum absolute atomic E-state index is 14.1. The fourth-order valence-corrected chi connectivity index (χ4v) is 5.94. The predicted octanol–water partition coefficient (Wildman–Crippen LogP) is 6.62. The van der Waals surface area contributed by atoms with Crippen molar-refractivity contribution >= 4 is 73.9 Å². The number of carbonyl (C=O) groups excluding carboxylic acids is 2. The van der Waals surface area contributed by atoms with Crippen molar-refractivity contribution in [3.8, 4) is 0 Å². The second kappa shape index (κ2) is 14.6. The minimum Gasteiger partial charge on any atom is -0.352 e. The Balaban J connectivity index is 2.11. The molecule has 0 spiro atoms. The maximum Gasteiger partial charge on any atom is 0.244 e. The van der Waals surface area contributed by atoms with Crippen LogP contribution >= 0.6 is 46.4 Å². The van der Waals surface area contributed by atoms with E-state index in [0.29, 0.717) is 22.0 Å². The summed E-state index contributed by atoms with van der Waals surface area (Å²) in [5.41, 5.74) is 1.47. The highest BCUT2D eigenvalue weighted by Crippen LogP contribution is 2.28. The van der Waals surface area contributed by atoms with Gasteiger partial charge in [-0.2, -0.15) is 0 Å². The zero-order valence-corrected chi connectivity index (χ0v) is 26.6. The average molecular weight is 659 g/mol. The normalized spacial score (nSPS) is 12.9. The van der Waals surface area contributed by atoms with Gasteiger partial charge in [0.15, 0.2) is 0 Å². The smallest absolute Gasteiger partial charge is 0.244 e. The molecule has 0 aliphatic carbocycles. The molecule has 12 heteroatoms. The number of hydrogen-bond donors (Lipinski definition) is 1. The van der Waals surface area contributed by atoms with Gasteiger partial charge in [-0.25, -0.2) is 8.42 Å². The van der Waals surface area contributed by atoms with Crippen molar-refractivity contribution in [1.82, 2.24) is 10.2 Å². The van der Waals surface area contributed by atoms with Crippen molar-refractivity contribution in [2.45, 2.75) is 45.3 Å². The van der Waals surface area contributed by atoms with Crippen LogP contribution in [0.4, 0.5) is 5.69 Å². The molecule has 220 valence electrons. The van der Waals surface area contributed by atoms with E-state index in [2.05, 4.69) is 5.32 Å². The van der Waals surface area contributed by atoms with E-state index in [-0.39, 0.29) is 40.6 Å². The zero-order chi connectivity index (χ0) is 30.3. The van der Waals surface area contributed by atoms with Crippen LogP contribution in [0.3, 0.4) is 0 Å². The summed E-state index contributed by atoms with van der Waals surface area (Å²) < 4.78 is 26.7. The first-order valence-electron chi connectivity index (χ1n) is 12.8. The van der Waals surface area contributed by atoms with Gasteiger partial charge in [-0.05, 0) is 54.8 Å². The van der Waals surface area contributed by atoms with E-state index in [9.17, 15) is 18.0 Å². The first kappa shape index (κ1) is 33.0. The van der Waals surface area contributed by atoms with Gasteiger partial charge in [-0.3, -0.25) is 13.9 Å². The summed E-state index contributed by atoms with van der Waals surface area (Å²) in [6, 6.07) is 17.2. The van der Waals surface area contributed by atoms with Crippen LogP contribution in [0.2, 0.25) is 20.1 Å².